The summed E-state index contributed by atoms with van der Waals surface area (Å²) in [6, 6.07) is 21.7. The number of hydrazone groups is 1. The maximum Gasteiger partial charge on any atom is 0.287 e. The second kappa shape index (κ2) is 10.7. The SMILES string of the molecule is O=C(Cc1nnc(NC(=O)c2ccc([N+](=O)[O-])c(Cl)c2)s1)N/N=C\c1c2ccccc2cc2ccccc12. The molecule has 0 spiro atoms. The maximum absolute atomic E-state index is 12.5. The smallest absolute Gasteiger partial charge is 0.287 e. The number of halogens is 1. The number of benzene rings is 4. The zero-order valence-corrected chi connectivity index (χ0v) is 21.0. The van der Waals surface area contributed by atoms with Crippen LogP contribution in [-0.2, 0) is 11.2 Å². The molecule has 2 amide bonds. The standard InChI is InChI=1S/C26H17ClN6O4S/c27-21-12-17(9-10-22(21)33(36)37)25(35)29-26-32-31-24(38-26)13-23(34)30-28-14-20-18-7-3-1-5-15(18)11-16-6-2-4-8-19(16)20/h1-12,14H,13H2,(H,30,34)(H,29,32,35)/b28-14-. The van der Waals surface area contributed by atoms with E-state index in [1.165, 1.54) is 12.1 Å². The van der Waals surface area contributed by atoms with Crippen LogP contribution in [0.2, 0.25) is 5.02 Å². The highest BCUT2D eigenvalue weighted by molar-refractivity contribution is 7.15. The summed E-state index contributed by atoms with van der Waals surface area (Å²) in [7, 11) is 0. The van der Waals surface area contributed by atoms with Crippen molar-refractivity contribution in [1.82, 2.24) is 15.6 Å². The van der Waals surface area contributed by atoms with Crippen molar-refractivity contribution in [1.29, 1.82) is 0 Å². The Labute approximate surface area is 224 Å². The minimum absolute atomic E-state index is 0.0927. The molecular weight excluding hydrogens is 528 g/mol. The van der Waals surface area contributed by atoms with Gasteiger partial charge in [-0.05, 0) is 39.7 Å². The predicted molar refractivity (Wildman–Crippen MR) is 147 cm³/mol. The van der Waals surface area contributed by atoms with Gasteiger partial charge in [-0.25, -0.2) is 5.43 Å². The summed E-state index contributed by atoms with van der Waals surface area (Å²) >= 11 is 6.89. The van der Waals surface area contributed by atoms with Crippen molar-refractivity contribution in [2.75, 3.05) is 5.32 Å². The summed E-state index contributed by atoms with van der Waals surface area (Å²) in [4.78, 5) is 35.2. The molecule has 4 aromatic carbocycles. The summed E-state index contributed by atoms with van der Waals surface area (Å²) in [6.07, 6.45) is 1.54. The number of carbonyl (C=O) groups is 2. The number of rotatable bonds is 7. The normalized spacial score (nSPS) is 11.2. The largest absolute Gasteiger partial charge is 0.296 e. The van der Waals surface area contributed by atoms with Gasteiger partial charge in [0.1, 0.15) is 10.0 Å². The molecule has 188 valence electrons. The number of nitrogens with one attached hydrogen (secondary N) is 2. The van der Waals surface area contributed by atoms with E-state index in [-0.39, 0.29) is 27.8 Å². The first-order valence-electron chi connectivity index (χ1n) is 11.2. The molecule has 0 atom stereocenters. The lowest BCUT2D eigenvalue weighted by Crippen LogP contribution is -2.19. The first-order valence-corrected chi connectivity index (χ1v) is 12.4. The van der Waals surface area contributed by atoms with E-state index in [1.54, 1.807) is 6.21 Å². The van der Waals surface area contributed by atoms with E-state index < -0.39 is 16.7 Å². The van der Waals surface area contributed by atoms with Gasteiger partial charge in [0.15, 0.2) is 0 Å². The molecule has 0 aliphatic heterocycles. The fourth-order valence-electron chi connectivity index (χ4n) is 3.87. The van der Waals surface area contributed by atoms with Gasteiger partial charge in [0.25, 0.3) is 11.6 Å². The van der Waals surface area contributed by atoms with Crippen LogP contribution < -0.4 is 10.7 Å². The van der Waals surface area contributed by atoms with Gasteiger partial charge in [-0.1, -0.05) is 71.5 Å². The van der Waals surface area contributed by atoms with Crippen LogP contribution >= 0.6 is 22.9 Å². The molecule has 10 nitrogen and oxygen atoms in total. The molecule has 5 aromatic rings. The Balaban J connectivity index is 1.24. The molecule has 2 N–H and O–H groups in total. The second-order valence-electron chi connectivity index (χ2n) is 8.08. The van der Waals surface area contributed by atoms with Crippen LogP contribution in [0.4, 0.5) is 10.8 Å². The number of nitrogens with zero attached hydrogens (tertiary/aromatic N) is 4. The zero-order chi connectivity index (χ0) is 26.6. The van der Waals surface area contributed by atoms with Gasteiger partial charge in [0.2, 0.25) is 11.0 Å². The molecule has 0 saturated heterocycles. The summed E-state index contributed by atoms with van der Waals surface area (Å²) in [5, 5.41) is 29.9. The molecule has 0 fully saturated rings. The molecule has 0 aliphatic rings. The van der Waals surface area contributed by atoms with Crippen molar-refractivity contribution in [2.45, 2.75) is 6.42 Å². The Morgan fingerprint density at radius 3 is 2.34 bits per heavy atom. The number of aromatic nitrogens is 2. The number of hydrogen-bond acceptors (Lipinski definition) is 8. The van der Waals surface area contributed by atoms with Crippen LogP contribution in [-0.4, -0.2) is 33.1 Å². The molecule has 1 aromatic heterocycles. The van der Waals surface area contributed by atoms with Crippen molar-refractivity contribution in [3.8, 4) is 0 Å². The van der Waals surface area contributed by atoms with Crippen molar-refractivity contribution < 1.29 is 14.5 Å². The lowest BCUT2D eigenvalue weighted by molar-refractivity contribution is -0.384. The first-order chi connectivity index (χ1) is 18.4. The quantitative estimate of drug-likeness (QED) is 0.122. The number of hydrogen-bond donors (Lipinski definition) is 2. The highest BCUT2D eigenvalue weighted by Gasteiger charge is 2.17. The summed E-state index contributed by atoms with van der Waals surface area (Å²) in [6.45, 7) is 0. The van der Waals surface area contributed by atoms with Gasteiger partial charge >= 0.3 is 0 Å². The predicted octanol–water partition coefficient (Wildman–Crippen LogP) is 5.35. The van der Waals surface area contributed by atoms with E-state index in [0.29, 0.717) is 5.01 Å². The van der Waals surface area contributed by atoms with Crippen molar-refractivity contribution in [2.24, 2.45) is 5.10 Å². The number of amides is 2. The van der Waals surface area contributed by atoms with Gasteiger partial charge in [-0.2, -0.15) is 5.10 Å². The number of fused-ring (bicyclic) bond motifs is 2. The summed E-state index contributed by atoms with van der Waals surface area (Å²) in [5.74, 6) is -0.970. The van der Waals surface area contributed by atoms with Gasteiger partial charge in [-0.3, -0.25) is 25.0 Å². The van der Waals surface area contributed by atoms with Crippen LogP contribution in [0.15, 0.2) is 77.9 Å². The molecular formula is C26H17ClN6O4S. The molecule has 0 bridgehead atoms. The van der Waals surface area contributed by atoms with Crippen LogP contribution in [0.3, 0.4) is 0 Å². The van der Waals surface area contributed by atoms with Crippen molar-refractivity contribution in [3.05, 3.63) is 104 Å². The van der Waals surface area contributed by atoms with E-state index in [2.05, 4.69) is 32.1 Å². The van der Waals surface area contributed by atoms with E-state index in [4.69, 9.17) is 11.6 Å². The van der Waals surface area contributed by atoms with Crippen LogP contribution in [0.25, 0.3) is 21.5 Å². The summed E-state index contributed by atoms with van der Waals surface area (Å²) in [5.41, 5.74) is 3.23. The van der Waals surface area contributed by atoms with E-state index >= 15 is 0 Å². The van der Waals surface area contributed by atoms with E-state index in [9.17, 15) is 19.7 Å². The minimum Gasteiger partial charge on any atom is -0.296 e. The second-order valence-corrected chi connectivity index (χ2v) is 9.55. The lowest BCUT2D eigenvalue weighted by Gasteiger charge is -2.07. The third-order valence-electron chi connectivity index (χ3n) is 5.60. The molecule has 0 unspecified atom stereocenters. The Kier molecular flexibility index (Phi) is 7.03. The number of nitro benzene ring substituents is 1. The Morgan fingerprint density at radius 1 is 1.00 bits per heavy atom. The van der Waals surface area contributed by atoms with Gasteiger partial charge in [0.05, 0.1) is 17.6 Å². The maximum atomic E-state index is 12.5. The molecule has 0 aliphatic carbocycles. The Morgan fingerprint density at radius 2 is 1.68 bits per heavy atom. The summed E-state index contributed by atoms with van der Waals surface area (Å²) < 4.78 is 0. The fourth-order valence-corrected chi connectivity index (χ4v) is 4.86. The number of carbonyl (C=O) groups excluding carboxylic acids is 2. The van der Waals surface area contributed by atoms with Crippen molar-refractivity contribution >= 4 is 73.3 Å². The third kappa shape index (κ3) is 5.33. The lowest BCUT2D eigenvalue weighted by atomic mass is 9.97. The monoisotopic (exact) mass is 544 g/mol. The van der Waals surface area contributed by atoms with Crippen LogP contribution in [0.1, 0.15) is 20.9 Å². The molecule has 0 radical (unpaired) electrons. The number of anilines is 1. The van der Waals surface area contributed by atoms with Crippen molar-refractivity contribution in [3.63, 3.8) is 0 Å². The molecule has 5 rings (SSSR count). The topological polar surface area (TPSA) is 139 Å². The first kappa shape index (κ1) is 24.9. The zero-order valence-electron chi connectivity index (χ0n) is 19.4. The van der Waals surface area contributed by atoms with Crippen LogP contribution in [0.5, 0.6) is 0 Å². The molecule has 12 heteroatoms. The number of nitro groups is 1. The molecule has 38 heavy (non-hydrogen) atoms. The average Bonchev–Trinajstić information content (AvgIpc) is 3.34. The van der Waals surface area contributed by atoms with E-state index in [1.807, 2.05) is 48.5 Å². The van der Waals surface area contributed by atoms with Crippen LogP contribution in [0, 0.1) is 10.1 Å². The van der Waals surface area contributed by atoms with Gasteiger partial charge < -0.3 is 0 Å². The average molecular weight is 545 g/mol. The fraction of sp³-hybridized carbons (Fsp3) is 0.0385. The minimum atomic E-state index is -0.639. The third-order valence-corrected chi connectivity index (χ3v) is 6.74. The Hall–Kier alpha value is -4.74. The molecule has 1 heterocycles. The highest BCUT2D eigenvalue weighted by Crippen LogP contribution is 2.28. The Bertz CT molecular complexity index is 1700. The van der Waals surface area contributed by atoms with Gasteiger partial charge in [0, 0.05) is 17.2 Å². The van der Waals surface area contributed by atoms with E-state index in [0.717, 1.165) is 44.5 Å². The van der Waals surface area contributed by atoms with Gasteiger partial charge in [-0.15, -0.1) is 10.2 Å². The molecule has 0 saturated carbocycles. The highest BCUT2D eigenvalue weighted by atomic mass is 35.5.